The van der Waals surface area contributed by atoms with Crippen LogP contribution in [0, 0.1) is 0 Å². The molecule has 0 fully saturated rings. The molecule has 2 aromatic carbocycles. The minimum absolute atomic E-state index is 0.000882. The Hall–Kier alpha value is -2.21. The highest BCUT2D eigenvalue weighted by Gasteiger charge is 2.38. The number of carbonyl (C=O) groups excluding carboxylic acids is 1. The molecular formula is C23H24F3NOS. The van der Waals surface area contributed by atoms with Gasteiger partial charge in [-0.15, -0.1) is 11.8 Å². The summed E-state index contributed by atoms with van der Waals surface area (Å²) in [5.41, 5.74) is 1.74. The third-order valence-corrected chi connectivity index (χ3v) is 6.17. The molecule has 2 aromatic rings. The Bertz CT molecular complexity index is 944. The van der Waals surface area contributed by atoms with Gasteiger partial charge in [0.25, 0.3) is 0 Å². The maximum absolute atomic E-state index is 12.6. The van der Waals surface area contributed by atoms with E-state index in [1.54, 1.807) is 0 Å². The van der Waals surface area contributed by atoms with E-state index >= 15 is 0 Å². The second kappa shape index (κ2) is 7.56. The lowest BCUT2D eigenvalue weighted by Gasteiger charge is -2.41. The molecule has 1 amide bonds. The second-order valence-corrected chi connectivity index (χ2v) is 10.3. The van der Waals surface area contributed by atoms with Crippen molar-refractivity contribution < 1.29 is 18.0 Å². The van der Waals surface area contributed by atoms with E-state index in [-0.39, 0.29) is 16.1 Å². The summed E-state index contributed by atoms with van der Waals surface area (Å²) in [5.74, 6) is -0.327. The second-order valence-electron chi connectivity index (χ2n) is 8.58. The van der Waals surface area contributed by atoms with Crippen LogP contribution >= 0.6 is 11.8 Å². The van der Waals surface area contributed by atoms with Gasteiger partial charge in [-0.05, 0) is 59.4 Å². The van der Waals surface area contributed by atoms with Gasteiger partial charge in [0.05, 0.1) is 5.56 Å². The third kappa shape index (κ3) is 5.24. The van der Waals surface area contributed by atoms with E-state index in [1.165, 1.54) is 34.7 Å². The normalized spacial score (nSPS) is 17.8. The molecular weight excluding hydrogens is 395 g/mol. The van der Waals surface area contributed by atoms with Gasteiger partial charge in [0.1, 0.15) is 0 Å². The van der Waals surface area contributed by atoms with Crippen LogP contribution in [-0.4, -0.2) is 10.7 Å². The minimum atomic E-state index is -4.37. The molecule has 0 atom stereocenters. The van der Waals surface area contributed by atoms with Gasteiger partial charge in [0.2, 0.25) is 5.91 Å². The van der Waals surface area contributed by atoms with E-state index in [1.807, 2.05) is 30.0 Å². The molecule has 2 nitrogen and oxygen atoms in total. The Balaban J connectivity index is 1.71. The minimum Gasteiger partial charge on any atom is -0.323 e. The number of nitrogens with one attached hydrogen (secondary N) is 1. The smallest absolute Gasteiger partial charge is 0.323 e. The van der Waals surface area contributed by atoms with Crippen LogP contribution in [0.5, 0.6) is 0 Å². The van der Waals surface area contributed by atoms with Crippen LogP contribution < -0.4 is 5.32 Å². The Morgan fingerprint density at radius 2 is 1.72 bits per heavy atom. The number of fused-ring (bicyclic) bond motifs is 1. The summed E-state index contributed by atoms with van der Waals surface area (Å²) < 4.78 is 38.0. The highest BCUT2D eigenvalue weighted by Crippen LogP contribution is 2.51. The van der Waals surface area contributed by atoms with Gasteiger partial charge < -0.3 is 5.32 Å². The van der Waals surface area contributed by atoms with Crippen molar-refractivity contribution in [1.29, 1.82) is 0 Å². The van der Waals surface area contributed by atoms with Gasteiger partial charge in [-0.2, -0.15) is 13.2 Å². The fourth-order valence-corrected chi connectivity index (χ4v) is 5.47. The molecule has 0 saturated heterocycles. The van der Waals surface area contributed by atoms with Crippen molar-refractivity contribution in [2.24, 2.45) is 0 Å². The average Bonchev–Trinajstić information content (AvgIpc) is 2.59. The number of anilines is 1. The number of carbonyl (C=O) groups is 1. The summed E-state index contributed by atoms with van der Waals surface area (Å²) in [6.07, 6.45) is -0.516. The molecule has 1 aliphatic rings. The first kappa shape index (κ1) is 21.5. The number of benzene rings is 2. The van der Waals surface area contributed by atoms with Crippen LogP contribution in [-0.2, 0) is 16.4 Å². The van der Waals surface area contributed by atoms with Crippen LogP contribution in [0.1, 0.15) is 50.8 Å². The van der Waals surface area contributed by atoms with Crippen LogP contribution in [0.2, 0.25) is 0 Å². The predicted octanol–water partition coefficient (Wildman–Crippen LogP) is 6.91. The first-order valence-electron chi connectivity index (χ1n) is 9.36. The predicted molar refractivity (Wildman–Crippen MR) is 113 cm³/mol. The van der Waals surface area contributed by atoms with Gasteiger partial charge in [-0.3, -0.25) is 4.79 Å². The average molecular weight is 420 g/mol. The zero-order chi connectivity index (χ0) is 21.4. The van der Waals surface area contributed by atoms with Crippen molar-refractivity contribution in [3.05, 3.63) is 65.2 Å². The van der Waals surface area contributed by atoms with Crippen LogP contribution in [0.15, 0.2) is 53.4 Å². The zero-order valence-electron chi connectivity index (χ0n) is 16.9. The highest BCUT2D eigenvalue weighted by atomic mass is 32.2. The van der Waals surface area contributed by atoms with Crippen molar-refractivity contribution in [3.63, 3.8) is 0 Å². The van der Waals surface area contributed by atoms with Crippen molar-refractivity contribution in [1.82, 2.24) is 0 Å². The lowest BCUT2D eigenvalue weighted by Crippen LogP contribution is -2.33. The van der Waals surface area contributed by atoms with Crippen LogP contribution in [0.3, 0.4) is 0 Å². The molecule has 1 aliphatic heterocycles. The third-order valence-electron chi connectivity index (χ3n) is 4.90. The van der Waals surface area contributed by atoms with Gasteiger partial charge in [-0.25, -0.2) is 0 Å². The van der Waals surface area contributed by atoms with Crippen molar-refractivity contribution in [2.45, 2.75) is 55.3 Å². The molecule has 29 heavy (non-hydrogen) atoms. The lowest BCUT2D eigenvalue weighted by atomic mass is 9.77. The quantitative estimate of drug-likeness (QED) is 0.548. The van der Waals surface area contributed by atoms with E-state index < -0.39 is 11.7 Å². The van der Waals surface area contributed by atoms with Gasteiger partial charge >= 0.3 is 6.18 Å². The maximum atomic E-state index is 12.6. The zero-order valence-corrected chi connectivity index (χ0v) is 17.7. The summed E-state index contributed by atoms with van der Waals surface area (Å²) >= 11 is 1.85. The van der Waals surface area contributed by atoms with Crippen molar-refractivity contribution in [3.8, 4) is 0 Å². The SMILES string of the molecule is CC1(C)CC(C)(C)c2cc(NC(=O)C=Cc3ccc(C(F)(F)F)cc3)ccc2S1. The van der Waals surface area contributed by atoms with Crippen molar-refractivity contribution in [2.75, 3.05) is 5.32 Å². The van der Waals surface area contributed by atoms with Crippen LogP contribution in [0.25, 0.3) is 6.08 Å². The Morgan fingerprint density at radius 3 is 2.34 bits per heavy atom. The Labute approximate surface area is 173 Å². The molecule has 0 unspecified atom stereocenters. The van der Waals surface area contributed by atoms with Gasteiger partial charge in [-0.1, -0.05) is 39.8 Å². The van der Waals surface area contributed by atoms with E-state index in [0.717, 1.165) is 18.6 Å². The summed E-state index contributed by atoms with van der Waals surface area (Å²) in [6, 6.07) is 10.6. The monoisotopic (exact) mass is 419 g/mol. The number of thioether (sulfide) groups is 1. The molecule has 0 bridgehead atoms. The number of hydrogen-bond acceptors (Lipinski definition) is 2. The molecule has 3 rings (SSSR count). The Morgan fingerprint density at radius 1 is 1.07 bits per heavy atom. The molecule has 1 N–H and O–H groups in total. The molecule has 6 heteroatoms. The highest BCUT2D eigenvalue weighted by molar-refractivity contribution is 8.00. The topological polar surface area (TPSA) is 29.1 Å². The molecule has 0 radical (unpaired) electrons. The number of rotatable bonds is 3. The summed E-state index contributed by atoms with van der Waals surface area (Å²) in [5, 5.41) is 2.84. The number of amides is 1. The number of hydrogen-bond donors (Lipinski definition) is 1. The van der Waals surface area contributed by atoms with Gasteiger partial charge in [0.15, 0.2) is 0 Å². The summed E-state index contributed by atoms with van der Waals surface area (Å²) in [6.45, 7) is 8.90. The first-order valence-corrected chi connectivity index (χ1v) is 10.2. The summed E-state index contributed by atoms with van der Waals surface area (Å²) in [7, 11) is 0. The van der Waals surface area contributed by atoms with E-state index in [9.17, 15) is 18.0 Å². The molecule has 0 aromatic heterocycles. The number of alkyl halides is 3. The number of halogens is 3. The van der Waals surface area contributed by atoms with E-state index in [4.69, 9.17) is 0 Å². The maximum Gasteiger partial charge on any atom is 0.416 e. The van der Waals surface area contributed by atoms with E-state index in [2.05, 4.69) is 33.0 Å². The molecule has 0 aliphatic carbocycles. The molecule has 0 spiro atoms. The standard InChI is InChI=1S/C23H24F3NOS/c1-21(2)14-22(3,4)29-19-11-10-17(13-18(19)21)27-20(28)12-7-15-5-8-16(9-6-15)23(24,25)26/h5-13H,14H2,1-4H3,(H,27,28). The largest absolute Gasteiger partial charge is 0.416 e. The Kier molecular flexibility index (Phi) is 5.60. The molecule has 1 heterocycles. The fraction of sp³-hybridized carbons (Fsp3) is 0.348. The summed E-state index contributed by atoms with van der Waals surface area (Å²) in [4.78, 5) is 13.5. The van der Waals surface area contributed by atoms with Crippen molar-refractivity contribution >= 4 is 29.4 Å². The fourth-order valence-electron chi connectivity index (χ4n) is 3.86. The molecule has 154 valence electrons. The van der Waals surface area contributed by atoms with Gasteiger partial charge in [0, 0.05) is 21.4 Å². The first-order chi connectivity index (χ1) is 13.4. The van der Waals surface area contributed by atoms with E-state index in [0.29, 0.717) is 11.3 Å². The van der Waals surface area contributed by atoms with Crippen LogP contribution in [0.4, 0.5) is 18.9 Å². The molecule has 0 saturated carbocycles. The lowest BCUT2D eigenvalue weighted by molar-refractivity contribution is -0.137.